The third-order valence-corrected chi connectivity index (χ3v) is 15.0. The molecule has 392 valence electrons. The third-order valence-electron chi connectivity index (χ3n) is 12.8. The summed E-state index contributed by atoms with van der Waals surface area (Å²) in [7, 11) is 2.59. The zero-order chi connectivity index (χ0) is 52.7. The molecule has 2 aliphatic rings. The van der Waals surface area contributed by atoms with Gasteiger partial charge in [-0.05, 0) is 68.7 Å². The van der Waals surface area contributed by atoms with E-state index in [1.54, 1.807) is 14.2 Å². The molecule has 9 atom stereocenters. The highest BCUT2D eigenvalue weighted by Gasteiger charge is 2.53. The van der Waals surface area contributed by atoms with Crippen molar-refractivity contribution >= 4 is 8.53 Å². The Morgan fingerprint density at radius 3 is 1.88 bits per heavy atom. The van der Waals surface area contributed by atoms with Gasteiger partial charge in [-0.15, -0.1) is 0 Å². The monoisotopic (exact) mass is 1040 g/mol. The summed E-state index contributed by atoms with van der Waals surface area (Å²) in [6.45, 7) is 7.65. The van der Waals surface area contributed by atoms with E-state index in [2.05, 4.69) is 21.2 Å². The van der Waals surface area contributed by atoms with E-state index in [1.165, 1.54) is 19.5 Å². The van der Waals surface area contributed by atoms with E-state index in [-0.39, 0.29) is 49.9 Å². The first-order valence-electron chi connectivity index (χ1n) is 23.9. The fourth-order valence-corrected chi connectivity index (χ4v) is 11.2. The van der Waals surface area contributed by atoms with Gasteiger partial charge in [0.2, 0.25) is 0 Å². The molecule has 2 saturated heterocycles. The van der Waals surface area contributed by atoms with Crippen LogP contribution in [0.3, 0.4) is 0 Å². The van der Waals surface area contributed by atoms with Crippen molar-refractivity contribution in [3.05, 3.63) is 173 Å². The van der Waals surface area contributed by atoms with Gasteiger partial charge in [0, 0.05) is 56.1 Å². The molecule has 8 rings (SSSR count). The number of hydrogen-bond acceptors (Lipinski definition) is 17. The number of hydrogen-bond donors (Lipinski definition) is 2. The van der Waals surface area contributed by atoms with E-state index in [1.807, 2.05) is 111 Å². The van der Waals surface area contributed by atoms with Crippen LogP contribution in [0.15, 0.2) is 127 Å². The quantitative estimate of drug-likeness (QED) is 0.0461. The number of ether oxygens (including phenoxy) is 6. The van der Waals surface area contributed by atoms with Gasteiger partial charge in [0.05, 0.1) is 46.0 Å². The number of nitriles is 1. The Balaban J connectivity index is 1.18. The van der Waals surface area contributed by atoms with Crippen LogP contribution < -0.4 is 32.0 Å². The summed E-state index contributed by atoms with van der Waals surface area (Å²) in [4.78, 5) is 60.0. The molecule has 0 amide bonds. The lowest BCUT2D eigenvalue weighted by atomic mass is 9.80. The van der Waals surface area contributed by atoms with Gasteiger partial charge in [0.1, 0.15) is 29.3 Å². The van der Waals surface area contributed by atoms with Crippen LogP contribution in [0.2, 0.25) is 0 Å². The van der Waals surface area contributed by atoms with Gasteiger partial charge in [-0.2, -0.15) is 10.2 Å². The molecular weight excluding hydrogens is 983 g/mol. The van der Waals surface area contributed by atoms with Gasteiger partial charge in [0.15, 0.2) is 30.6 Å². The Kier molecular flexibility index (Phi) is 17.2. The summed E-state index contributed by atoms with van der Waals surface area (Å²) in [6.07, 6.45) is -6.90. The minimum atomic E-state index is -1.95. The summed E-state index contributed by atoms with van der Waals surface area (Å²) < 4.78 is 77.8. The standard InChI is InChI=1S/C51H58FN8O13P/c1-30(2)60(31(3)4)74(69-27-11-24-53)73-43-44(71-48(45(43)67-7)59-26-23-41(62)56-50(59)64)46-54-39(57-72-46)28-37-38(70-47(42(37)52)58-25-22-40(61)55-49(58)63)29-68-51(32-12-9-8-10-13-32,33-14-18-35(65-5)19-15-33)34-16-20-36(66-6)21-17-34/h8-10,12-23,25-26,30-31,37-38,42-45,47-48H,11,27-29H2,1-7H3,(H,55,61,63)(H,56,62,64)/t37-,38-,42-,43-,44+,45-,47-,48-,74?/m1/s1. The second kappa shape index (κ2) is 23.7. The van der Waals surface area contributed by atoms with Crippen LogP contribution in [0.25, 0.3) is 0 Å². The van der Waals surface area contributed by atoms with E-state index in [0.717, 1.165) is 26.8 Å². The number of halogens is 1. The molecule has 2 fully saturated rings. The molecule has 21 nitrogen and oxygen atoms in total. The lowest BCUT2D eigenvalue weighted by Gasteiger charge is -2.37. The normalized spacial score (nSPS) is 22.4. The maximum Gasteiger partial charge on any atom is 0.330 e. The van der Waals surface area contributed by atoms with Crippen molar-refractivity contribution in [2.45, 2.75) is 101 Å². The highest BCUT2D eigenvalue weighted by atomic mass is 31.2. The van der Waals surface area contributed by atoms with Crippen LogP contribution >= 0.6 is 8.53 Å². The maximum absolute atomic E-state index is 17.5. The van der Waals surface area contributed by atoms with Crippen molar-refractivity contribution in [3.8, 4) is 17.6 Å². The number of H-pyrrole nitrogens is 2. The number of nitrogens with zero attached hydrogens (tertiary/aromatic N) is 6. The molecule has 0 bridgehead atoms. The molecule has 0 aliphatic carbocycles. The predicted octanol–water partition coefficient (Wildman–Crippen LogP) is 5.84. The minimum absolute atomic E-state index is 0.00911. The van der Waals surface area contributed by atoms with E-state index < -0.39 is 85.6 Å². The number of benzene rings is 3. The van der Waals surface area contributed by atoms with Crippen molar-refractivity contribution < 1.29 is 46.4 Å². The Morgan fingerprint density at radius 1 is 0.784 bits per heavy atom. The summed E-state index contributed by atoms with van der Waals surface area (Å²) in [6, 6.07) is 28.4. The van der Waals surface area contributed by atoms with Gasteiger partial charge in [0.25, 0.3) is 25.5 Å². The van der Waals surface area contributed by atoms with Gasteiger partial charge in [-0.25, -0.2) is 18.6 Å². The average molecular weight is 1040 g/mol. The first-order valence-corrected chi connectivity index (χ1v) is 25.0. The molecule has 5 heterocycles. The lowest BCUT2D eigenvalue weighted by Crippen LogP contribution is -2.40. The number of nitrogens with one attached hydrogen (secondary N) is 2. The highest BCUT2D eigenvalue weighted by Crippen LogP contribution is 2.53. The largest absolute Gasteiger partial charge is 0.497 e. The molecular formula is C51H58FN8O13P. The number of rotatable bonds is 22. The van der Waals surface area contributed by atoms with E-state index in [9.17, 15) is 24.4 Å². The molecule has 23 heteroatoms. The molecule has 0 saturated carbocycles. The molecule has 3 aromatic heterocycles. The van der Waals surface area contributed by atoms with Crippen molar-refractivity contribution in [2.24, 2.45) is 5.92 Å². The van der Waals surface area contributed by atoms with Crippen LogP contribution in [0, 0.1) is 17.2 Å². The zero-order valence-electron chi connectivity index (χ0n) is 41.7. The number of alkyl halides is 1. The van der Waals surface area contributed by atoms with Crippen LogP contribution in [-0.4, -0.2) is 105 Å². The van der Waals surface area contributed by atoms with Crippen molar-refractivity contribution in [1.82, 2.24) is 33.9 Å². The molecule has 3 aromatic carbocycles. The summed E-state index contributed by atoms with van der Waals surface area (Å²) in [5.74, 6) is -0.0222. The van der Waals surface area contributed by atoms with Crippen molar-refractivity contribution in [2.75, 3.05) is 34.5 Å². The summed E-state index contributed by atoms with van der Waals surface area (Å²) in [5.41, 5.74) is -2.20. The summed E-state index contributed by atoms with van der Waals surface area (Å²) >= 11 is 0. The summed E-state index contributed by atoms with van der Waals surface area (Å²) in [5, 5.41) is 13.7. The lowest BCUT2D eigenvalue weighted by molar-refractivity contribution is -0.0875. The first-order chi connectivity index (χ1) is 35.7. The molecule has 1 unspecified atom stereocenters. The minimum Gasteiger partial charge on any atom is -0.497 e. The van der Waals surface area contributed by atoms with Gasteiger partial charge in [-0.3, -0.25) is 28.7 Å². The van der Waals surface area contributed by atoms with Gasteiger partial charge < -0.3 is 42.0 Å². The zero-order valence-corrected chi connectivity index (χ0v) is 42.6. The van der Waals surface area contributed by atoms with Crippen LogP contribution in [0.5, 0.6) is 11.5 Å². The van der Waals surface area contributed by atoms with E-state index in [0.29, 0.717) is 22.6 Å². The smallest absolute Gasteiger partial charge is 0.330 e. The van der Waals surface area contributed by atoms with Crippen LogP contribution in [0.1, 0.15) is 81.1 Å². The SMILES string of the molecule is COc1ccc(C(OC[C@H]2O[C@@H](n3ccc(=O)[nH]c3=O)[C@H](F)[C@@H]2Cc2noc([C@H]3O[C@@H](n4ccc(=O)[nH]c4=O)[C@H](OC)[C@@H]3OP(OCCC#N)N(C(C)C)C(C)C)n2)(c2ccccc2)c2ccc(OC)cc2)cc1. The molecule has 0 radical (unpaired) electrons. The molecule has 74 heavy (non-hydrogen) atoms. The number of aromatic nitrogens is 6. The second-order valence-corrected chi connectivity index (χ2v) is 19.4. The fraction of sp³-hybridized carbons (Fsp3) is 0.431. The van der Waals surface area contributed by atoms with Gasteiger partial charge in [-0.1, -0.05) is 59.8 Å². The average Bonchev–Trinajstić information content (AvgIpc) is 4.09. The Hall–Kier alpha value is -6.67. The van der Waals surface area contributed by atoms with Gasteiger partial charge >= 0.3 is 11.4 Å². The van der Waals surface area contributed by atoms with Crippen molar-refractivity contribution in [1.29, 1.82) is 5.26 Å². The fourth-order valence-electron chi connectivity index (χ4n) is 9.44. The Labute approximate surface area is 425 Å². The Morgan fingerprint density at radius 2 is 1.35 bits per heavy atom. The second-order valence-electron chi connectivity index (χ2n) is 18.0. The van der Waals surface area contributed by atoms with Crippen LogP contribution in [-0.2, 0) is 40.0 Å². The topological polar surface area (TPSA) is 250 Å². The van der Waals surface area contributed by atoms with Crippen molar-refractivity contribution in [3.63, 3.8) is 0 Å². The molecule has 0 spiro atoms. The predicted molar refractivity (Wildman–Crippen MR) is 265 cm³/mol. The van der Waals surface area contributed by atoms with Crippen LogP contribution in [0.4, 0.5) is 4.39 Å². The number of methoxy groups -OCH3 is 3. The molecule has 2 aliphatic heterocycles. The van der Waals surface area contributed by atoms with E-state index in [4.69, 9.17) is 47.0 Å². The Bertz CT molecular complexity index is 3030. The highest BCUT2D eigenvalue weighted by molar-refractivity contribution is 7.44. The maximum atomic E-state index is 17.5. The van der Waals surface area contributed by atoms with E-state index >= 15 is 4.39 Å². The number of aromatic amines is 2. The molecule has 2 N–H and O–H groups in total. The first kappa shape index (κ1) is 53.6. The molecule has 6 aromatic rings. The third kappa shape index (κ3) is 11.2.